The lowest BCUT2D eigenvalue weighted by atomic mass is 10.0. The molecule has 3 aromatic carbocycles. The third-order valence-electron chi connectivity index (χ3n) is 5.33. The Morgan fingerprint density at radius 3 is 2.03 bits per heavy atom. The number of epoxide rings is 2. The van der Waals surface area contributed by atoms with Crippen LogP contribution in [0.25, 0.3) is 11.1 Å². The van der Waals surface area contributed by atoms with Gasteiger partial charge in [-0.25, -0.2) is 4.79 Å². The Morgan fingerprint density at radius 1 is 0.812 bits per heavy atom. The molecule has 0 aromatic heterocycles. The van der Waals surface area contributed by atoms with Gasteiger partial charge >= 0.3 is 5.97 Å². The van der Waals surface area contributed by atoms with E-state index in [0.717, 1.165) is 35.7 Å². The van der Waals surface area contributed by atoms with E-state index >= 15 is 0 Å². The maximum Gasteiger partial charge on any atom is 0.343 e. The summed E-state index contributed by atoms with van der Waals surface area (Å²) in [4.78, 5) is 12.4. The van der Waals surface area contributed by atoms with Gasteiger partial charge < -0.3 is 23.7 Å². The van der Waals surface area contributed by atoms with Crippen molar-refractivity contribution in [2.45, 2.75) is 19.1 Å². The summed E-state index contributed by atoms with van der Waals surface area (Å²) in [6.45, 7) is 4.67. The molecule has 32 heavy (non-hydrogen) atoms. The summed E-state index contributed by atoms with van der Waals surface area (Å²) < 4.78 is 27.2. The number of ether oxygens (including phenoxy) is 5. The third-order valence-corrected chi connectivity index (χ3v) is 5.33. The van der Waals surface area contributed by atoms with Crippen molar-refractivity contribution >= 4 is 5.97 Å². The van der Waals surface area contributed by atoms with Crippen LogP contribution in [0.1, 0.15) is 15.9 Å². The number of hydrogen-bond acceptors (Lipinski definition) is 6. The largest absolute Gasteiger partial charge is 0.491 e. The number of benzene rings is 3. The van der Waals surface area contributed by atoms with Crippen LogP contribution >= 0.6 is 0 Å². The zero-order valence-corrected chi connectivity index (χ0v) is 17.8. The molecule has 0 radical (unpaired) electrons. The summed E-state index contributed by atoms with van der Waals surface area (Å²) in [6.07, 6.45) is 0.429. The number of carbonyl (C=O) groups is 1. The van der Waals surface area contributed by atoms with E-state index in [1.54, 1.807) is 36.4 Å². The molecule has 2 atom stereocenters. The SMILES string of the molecule is Cc1cc(-c2ccc(OC(=O)c3ccc(OCC4CO4)cc3)cc2)ccc1OCC1CO1. The molecule has 0 bridgehead atoms. The van der Waals surface area contributed by atoms with E-state index < -0.39 is 5.97 Å². The van der Waals surface area contributed by atoms with Gasteiger partial charge in [-0.1, -0.05) is 18.2 Å². The van der Waals surface area contributed by atoms with Crippen molar-refractivity contribution in [3.8, 4) is 28.4 Å². The van der Waals surface area contributed by atoms with Crippen molar-refractivity contribution in [1.82, 2.24) is 0 Å². The summed E-state index contributed by atoms with van der Waals surface area (Å²) in [5, 5.41) is 0. The highest BCUT2D eigenvalue weighted by atomic mass is 16.6. The fourth-order valence-corrected chi connectivity index (χ4v) is 3.26. The molecule has 0 aliphatic carbocycles. The van der Waals surface area contributed by atoms with Gasteiger partial charge in [0.25, 0.3) is 0 Å². The van der Waals surface area contributed by atoms with E-state index in [-0.39, 0.29) is 12.2 Å². The molecular weight excluding hydrogens is 408 g/mol. The Kier molecular flexibility index (Phi) is 5.79. The average Bonchev–Trinajstić information content (AvgIpc) is 3.73. The molecule has 0 spiro atoms. The Hall–Kier alpha value is -3.35. The molecule has 0 N–H and O–H groups in total. The van der Waals surface area contributed by atoms with Crippen molar-refractivity contribution in [3.63, 3.8) is 0 Å². The van der Waals surface area contributed by atoms with Crippen LogP contribution in [0.2, 0.25) is 0 Å². The second kappa shape index (κ2) is 9.02. The lowest BCUT2D eigenvalue weighted by Gasteiger charge is -2.11. The number of esters is 1. The van der Waals surface area contributed by atoms with Gasteiger partial charge in [-0.15, -0.1) is 0 Å². The first kappa shape index (κ1) is 20.5. The molecule has 3 aromatic rings. The molecule has 5 rings (SSSR count). The molecule has 2 saturated heterocycles. The van der Waals surface area contributed by atoms with Gasteiger partial charge in [0.2, 0.25) is 0 Å². The molecule has 2 aliphatic heterocycles. The summed E-state index contributed by atoms with van der Waals surface area (Å²) in [7, 11) is 0. The normalized spacial score (nSPS) is 18.7. The van der Waals surface area contributed by atoms with Gasteiger partial charge in [0, 0.05) is 0 Å². The van der Waals surface area contributed by atoms with Gasteiger partial charge in [0.05, 0.1) is 18.8 Å². The minimum Gasteiger partial charge on any atom is -0.491 e. The molecule has 6 heteroatoms. The molecular formula is C26H24O6. The van der Waals surface area contributed by atoms with Gasteiger partial charge in [-0.3, -0.25) is 0 Å². The maximum absolute atomic E-state index is 12.4. The Labute approximate surface area is 186 Å². The fourth-order valence-electron chi connectivity index (χ4n) is 3.26. The maximum atomic E-state index is 12.4. The van der Waals surface area contributed by atoms with E-state index in [2.05, 4.69) is 6.07 Å². The quantitative estimate of drug-likeness (QED) is 0.283. The Bertz CT molecular complexity index is 1080. The second-order valence-electron chi connectivity index (χ2n) is 7.95. The molecule has 6 nitrogen and oxygen atoms in total. The number of rotatable bonds is 9. The minimum absolute atomic E-state index is 0.195. The number of aryl methyl sites for hydroxylation is 1. The van der Waals surface area contributed by atoms with Gasteiger partial charge in [-0.05, 0) is 72.1 Å². The van der Waals surface area contributed by atoms with Crippen molar-refractivity contribution in [1.29, 1.82) is 0 Å². The molecule has 2 unspecified atom stereocenters. The first-order chi connectivity index (χ1) is 15.6. The lowest BCUT2D eigenvalue weighted by molar-refractivity contribution is 0.0734. The monoisotopic (exact) mass is 432 g/mol. The van der Waals surface area contributed by atoms with Crippen LogP contribution in [-0.2, 0) is 9.47 Å². The summed E-state index contributed by atoms with van der Waals surface area (Å²) >= 11 is 0. The molecule has 164 valence electrons. The van der Waals surface area contributed by atoms with Crippen LogP contribution in [0.5, 0.6) is 17.2 Å². The first-order valence-electron chi connectivity index (χ1n) is 10.7. The molecule has 0 amide bonds. The van der Waals surface area contributed by atoms with Crippen LogP contribution in [0.15, 0.2) is 66.7 Å². The highest BCUT2D eigenvalue weighted by Gasteiger charge is 2.24. The van der Waals surface area contributed by atoms with Crippen molar-refractivity contribution in [2.75, 3.05) is 26.4 Å². The van der Waals surface area contributed by atoms with E-state index in [4.69, 9.17) is 23.7 Å². The van der Waals surface area contributed by atoms with Gasteiger partial charge in [0.15, 0.2) is 0 Å². The number of hydrogen-bond donors (Lipinski definition) is 0. The summed E-state index contributed by atoms with van der Waals surface area (Å²) in [5.41, 5.74) is 3.64. The zero-order valence-electron chi connectivity index (χ0n) is 17.8. The highest BCUT2D eigenvalue weighted by molar-refractivity contribution is 5.91. The second-order valence-corrected chi connectivity index (χ2v) is 7.95. The van der Waals surface area contributed by atoms with Crippen molar-refractivity contribution in [3.05, 3.63) is 77.9 Å². The first-order valence-corrected chi connectivity index (χ1v) is 10.7. The lowest BCUT2D eigenvalue weighted by Crippen LogP contribution is -2.09. The van der Waals surface area contributed by atoms with Gasteiger partial charge in [-0.2, -0.15) is 0 Å². The molecule has 2 aliphatic rings. The molecule has 2 heterocycles. The topological polar surface area (TPSA) is 69.8 Å². The zero-order chi connectivity index (χ0) is 21.9. The van der Waals surface area contributed by atoms with Crippen molar-refractivity contribution < 1.29 is 28.5 Å². The third kappa shape index (κ3) is 5.28. The minimum atomic E-state index is -0.410. The predicted octanol–water partition coefficient (Wildman–Crippen LogP) is 4.44. The van der Waals surface area contributed by atoms with E-state index in [9.17, 15) is 4.79 Å². The van der Waals surface area contributed by atoms with Crippen LogP contribution in [0.4, 0.5) is 0 Å². The fraction of sp³-hybridized carbons (Fsp3) is 0.269. The Morgan fingerprint density at radius 2 is 1.41 bits per heavy atom. The smallest absolute Gasteiger partial charge is 0.343 e. The van der Waals surface area contributed by atoms with Crippen LogP contribution in [0.3, 0.4) is 0 Å². The van der Waals surface area contributed by atoms with Crippen molar-refractivity contribution in [2.24, 2.45) is 0 Å². The average molecular weight is 432 g/mol. The van der Waals surface area contributed by atoms with Gasteiger partial charge in [0.1, 0.15) is 42.7 Å². The number of carbonyl (C=O) groups excluding carboxylic acids is 1. The van der Waals surface area contributed by atoms with Crippen LogP contribution in [-0.4, -0.2) is 44.6 Å². The Balaban J connectivity index is 1.18. The van der Waals surface area contributed by atoms with Crippen LogP contribution < -0.4 is 14.2 Å². The van der Waals surface area contributed by atoms with E-state index in [0.29, 0.717) is 30.3 Å². The van der Waals surface area contributed by atoms with E-state index in [1.165, 1.54) is 0 Å². The predicted molar refractivity (Wildman–Crippen MR) is 118 cm³/mol. The van der Waals surface area contributed by atoms with Crippen LogP contribution in [0, 0.1) is 6.92 Å². The molecule has 2 fully saturated rings. The highest BCUT2D eigenvalue weighted by Crippen LogP contribution is 2.28. The summed E-state index contributed by atoms with van der Waals surface area (Å²) in [5.74, 6) is 1.65. The summed E-state index contributed by atoms with van der Waals surface area (Å²) in [6, 6.07) is 20.5. The standard InChI is InChI=1S/C26H24O6/c1-17-12-20(6-11-25(17)31-16-24-15-30-24)18-2-9-22(10-3-18)32-26(27)19-4-7-21(8-5-19)28-13-23-14-29-23/h2-12,23-24H,13-16H2,1H3. The molecule has 0 saturated carbocycles. The van der Waals surface area contributed by atoms with E-state index in [1.807, 2.05) is 31.2 Å².